The van der Waals surface area contributed by atoms with Crippen LogP contribution in [0.3, 0.4) is 0 Å². The van der Waals surface area contributed by atoms with E-state index in [9.17, 15) is 0 Å². The molecule has 1 N–H and O–H groups in total. The molecule has 1 aromatic rings. The molecule has 0 fully saturated rings. The van der Waals surface area contributed by atoms with E-state index in [1.54, 1.807) is 6.07 Å². The van der Waals surface area contributed by atoms with Crippen molar-refractivity contribution in [2.75, 3.05) is 7.05 Å². The molecule has 2 unspecified atom stereocenters. The lowest BCUT2D eigenvalue weighted by molar-refractivity contribution is 0.480. The van der Waals surface area contributed by atoms with Crippen LogP contribution in [-0.2, 0) is 6.42 Å². The van der Waals surface area contributed by atoms with Gasteiger partial charge in [0, 0.05) is 6.04 Å². The molecule has 0 amide bonds. The number of rotatable bonds is 5. The van der Waals surface area contributed by atoms with Gasteiger partial charge in [0.15, 0.2) is 0 Å². The van der Waals surface area contributed by atoms with E-state index >= 15 is 0 Å². The van der Waals surface area contributed by atoms with Crippen LogP contribution in [-0.4, -0.2) is 13.1 Å². The topological polar surface area (TPSA) is 59.6 Å². The van der Waals surface area contributed by atoms with Gasteiger partial charge in [-0.3, -0.25) is 0 Å². The summed E-state index contributed by atoms with van der Waals surface area (Å²) in [6.45, 7) is 2.07. The number of hydrogen-bond acceptors (Lipinski definition) is 3. The summed E-state index contributed by atoms with van der Waals surface area (Å²) in [5.74, 6) is -0.00797. The molecule has 0 aliphatic rings. The smallest absolute Gasteiger partial charge is 0.0991 e. The summed E-state index contributed by atoms with van der Waals surface area (Å²) in [6, 6.07) is 12.2. The number of hydrogen-bond donors (Lipinski definition) is 1. The lowest BCUT2D eigenvalue weighted by atomic mass is 9.94. The Morgan fingerprint density at radius 1 is 1.35 bits per heavy atom. The molecule has 3 nitrogen and oxygen atoms in total. The number of benzene rings is 1. The van der Waals surface area contributed by atoms with E-state index in [1.165, 1.54) is 0 Å². The van der Waals surface area contributed by atoms with Crippen LogP contribution < -0.4 is 5.32 Å². The predicted molar refractivity (Wildman–Crippen MR) is 67.1 cm³/mol. The van der Waals surface area contributed by atoms with Crippen molar-refractivity contribution < 1.29 is 0 Å². The molecule has 0 aromatic heterocycles. The lowest BCUT2D eigenvalue weighted by Crippen LogP contribution is -2.24. The van der Waals surface area contributed by atoms with E-state index in [-0.39, 0.29) is 5.92 Å². The second-order valence-electron chi connectivity index (χ2n) is 4.27. The summed E-state index contributed by atoms with van der Waals surface area (Å²) >= 11 is 0. The monoisotopic (exact) mass is 227 g/mol. The second-order valence-corrected chi connectivity index (χ2v) is 4.27. The quantitative estimate of drug-likeness (QED) is 0.839. The third-order valence-electron chi connectivity index (χ3n) is 2.85. The van der Waals surface area contributed by atoms with Crippen LogP contribution in [0.5, 0.6) is 0 Å². The van der Waals surface area contributed by atoms with Crippen molar-refractivity contribution in [2.45, 2.75) is 25.8 Å². The number of nitrogens with zero attached hydrogens (tertiary/aromatic N) is 2. The van der Waals surface area contributed by atoms with Gasteiger partial charge in [0.05, 0.1) is 23.6 Å². The first-order valence-corrected chi connectivity index (χ1v) is 5.75. The van der Waals surface area contributed by atoms with E-state index in [2.05, 4.69) is 24.4 Å². The SMILES string of the molecule is CNC(C)CC(C#N)Cc1cccc(C#N)c1. The molecule has 0 aliphatic heterocycles. The maximum absolute atomic E-state index is 9.12. The van der Waals surface area contributed by atoms with E-state index in [0.29, 0.717) is 18.0 Å². The Morgan fingerprint density at radius 3 is 2.71 bits per heavy atom. The molecular weight excluding hydrogens is 210 g/mol. The van der Waals surface area contributed by atoms with E-state index < -0.39 is 0 Å². The molecule has 1 aromatic carbocycles. The number of nitrogens with one attached hydrogen (secondary N) is 1. The summed E-state index contributed by atoms with van der Waals surface area (Å²) in [6.07, 6.45) is 1.53. The Kier molecular flexibility index (Phi) is 5.20. The minimum absolute atomic E-state index is 0.00797. The Bertz CT molecular complexity index is 440. The molecule has 1 rings (SSSR count). The number of nitriles is 2. The Labute approximate surface area is 103 Å². The highest BCUT2D eigenvalue weighted by Crippen LogP contribution is 2.14. The zero-order chi connectivity index (χ0) is 12.7. The van der Waals surface area contributed by atoms with Gasteiger partial charge in [-0.15, -0.1) is 0 Å². The zero-order valence-corrected chi connectivity index (χ0v) is 10.3. The van der Waals surface area contributed by atoms with Gasteiger partial charge in [-0.1, -0.05) is 12.1 Å². The van der Waals surface area contributed by atoms with Crippen molar-refractivity contribution in [3.63, 3.8) is 0 Å². The van der Waals surface area contributed by atoms with Crippen LogP contribution in [0.25, 0.3) is 0 Å². The Morgan fingerprint density at radius 2 is 2.12 bits per heavy atom. The van der Waals surface area contributed by atoms with E-state index in [1.807, 2.05) is 25.2 Å². The molecule has 0 saturated heterocycles. The average molecular weight is 227 g/mol. The molecule has 0 spiro atoms. The van der Waals surface area contributed by atoms with Crippen LogP contribution >= 0.6 is 0 Å². The third kappa shape index (κ3) is 4.26. The van der Waals surface area contributed by atoms with Crippen molar-refractivity contribution in [2.24, 2.45) is 5.92 Å². The summed E-state index contributed by atoms with van der Waals surface area (Å²) in [7, 11) is 1.90. The maximum atomic E-state index is 9.12. The summed E-state index contributed by atoms with van der Waals surface area (Å²) in [5.41, 5.74) is 1.71. The maximum Gasteiger partial charge on any atom is 0.0991 e. The Balaban J connectivity index is 2.68. The molecule has 88 valence electrons. The first-order chi connectivity index (χ1) is 8.19. The van der Waals surface area contributed by atoms with Crippen molar-refractivity contribution in [3.05, 3.63) is 35.4 Å². The fraction of sp³-hybridized carbons (Fsp3) is 0.429. The van der Waals surface area contributed by atoms with Gasteiger partial charge in [0.25, 0.3) is 0 Å². The highest BCUT2D eigenvalue weighted by molar-refractivity contribution is 5.33. The van der Waals surface area contributed by atoms with Crippen molar-refractivity contribution >= 4 is 0 Å². The van der Waals surface area contributed by atoms with Crippen LogP contribution in [0, 0.1) is 28.6 Å². The summed E-state index contributed by atoms with van der Waals surface area (Å²) in [5, 5.41) is 21.1. The van der Waals surface area contributed by atoms with Crippen LogP contribution in [0.15, 0.2) is 24.3 Å². The minimum atomic E-state index is -0.00797. The fourth-order valence-electron chi connectivity index (χ4n) is 1.78. The van der Waals surface area contributed by atoms with Gasteiger partial charge in [-0.2, -0.15) is 10.5 Å². The average Bonchev–Trinajstić information content (AvgIpc) is 2.37. The summed E-state index contributed by atoms with van der Waals surface area (Å²) in [4.78, 5) is 0. The van der Waals surface area contributed by atoms with Crippen molar-refractivity contribution in [1.29, 1.82) is 10.5 Å². The first-order valence-electron chi connectivity index (χ1n) is 5.75. The third-order valence-corrected chi connectivity index (χ3v) is 2.85. The molecule has 0 radical (unpaired) electrons. The molecular formula is C14H17N3. The van der Waals surface area contributed by atoms with Gasteiger partial charge in [-0.25, -0.2) is 0 Å². The standard InChI is InChI=1S/C14H17N3/c1-11(17-2)6-14(10-16)8-12-4-3-5-13(7-12)9-15/h3-5,7,11,14,17H,6,8H2,1-2H3. The van der Waals surface area contributed by atoms with Gasteiger partial charge < -0.3 is 5.32 Å². The molecule has 0 heterocycles. The van der Waals surface area contributed by atoms with Gasteiger partial charge in [-0.05, 0) is 44.5 Å². The van der Waals surface area contributed by atoms with E-state index in [4.69, 9.17) is 10.5 Å². The van der Waals surface area contributed by atoms with Crippen LogP contribution in [0.2, 0.25) is 0 Å². The van der Waals surface area contributed by atoms with E-state index in [0.717, 1.165) is 12.0 Å². The highest BCUT2D eigenvalue weighted by atomic mass is 14.8. The molecule has 0 saturated carbocycles. The van der Waals surface area contributed by atoms with Gasteiger partial charge in [0.1, 0.15) is 0 Å². The van der Waals surface area contributed by atoms with Gasteiger partial charge in [0.2, 0.25) is 0 Å². The fourth-order valence-corrected chi connectivity index (χ4v) is 1.78. The highest BCUT2D eigenvalue weighted by Gasteiger charge is 2.12. The second kappa shape index (κ2) is 6.68. The zero-order valence-electron chi connectivity index (χ0n) is 10.3. The lowest BCUT2D eigenvalue weighted by Gasteiger charge is -2.14. The first kappa shape index (κ1) is 13.2. The molecule has 3 heteroatoms. The Hall–Kier alpha value is -1.84. The predicted octanol–water partition coefficient (Wildman–Crippen LogP) is 2.24. The van der Waals surface area contributed by atoms with Crippen molar-refractivity contribution in [1.82, 2.24) is 5.32 Å². The molecule has 17 heavy (non-hydrogen) atoms. The summed E-state index contributed by atoms with van der Waals surface area (Å²) < 4.78 is 0. The minimum Gasteiger partial charge on any atom is -0.317 e. The van der Waals surface area contributed by atoms with Crippen LogP contribution in [0.4, 0.5) is 0 Å². The molecule has 0 aliphatic carbocycles. The van der Waals surface area contributed by atoms with Crippen molar-refractivity contribution in [3.8, 4) is 12.1 Å². The molecule has 2 atom stereocenters. The largest absolute Gasteiger partial charge is 0.317 e. The molecule has 0 bridgehead atoms. The normalized spacial score (nSPS) is 13.4. The van der Waals surface area contributed by atoms with Gasteiger partial charge >= 0.3 is 0 Å². The van der Waals surface area contributed by atoms with Crippen LogP contribution in [0.1, 0.15) is 24.5 Å².